The third-order valence-corrected chi connectivity index (χ3v) is 1.79. The van der Waals surface area contributed by atoms with Gasteiger partial charge in [-0.1, -0.05) is 12.1 Å². The van der Waals surface area contributed by atoms with Crippen LogP contribution >= 0.6 is 0 Å². The fourth-order valence-electron chi connectivity index (χ4n) is 1.03. The van der Waals surface area contributed by atoms with Gasteiger partial charge in [0.05, 0.1) is 13.7 Å². The average Bonchev–Trinajstić information content (AvgIpc) is 2.38. The van der Waals surface area contributed by atoms with Crippen molar-refractivity contribution >= 4 is 12.1 Å². The molecule has 0 aliphatic rings. The van der Waals surface area contributed by atoms with Crippen molar-refractivity contribution in [1.29, 1.82) is 0 Å². The van der Waals surface area contributed by atoms with Gasteiger partial charge in [0, 0.05) is 0 Å². The Morgan fingerprint density at radius 2 is 2.00 bits per heavy atom. The second-order valence-corrected chi connectivity index (χ2v) is 3.01. The minimum Gasteiger partial charge on any atom is -0.463 e. The summed E-state index contributed by atoms with van der Waals surface area (Å²) in [4.78, 5) is 22.5. The van der Waals surface area contributed by atoms with Gasteiger partial charge in [-0.3, -0.25) is 0 Å². The van der Waals surface area contributed by atoms with E-state index in [2.05, 4.69) is 20.3 Å². The molecule has 0 aliphatic heterocycles. The van der Waals surface area contributed by atoms with E-state index in [0.29, 0.717) is 5.75 Å². The summed E-state index contributed by atoms with van der Waals surface area (Å²) in [5, 5.41) is 0. The Kier molecular flexibility index (Phi) is 5.50. The fraction of sp³-hybridized carbons (Fsp3) is 0.333. The number of hydrogen-bond donors (Lipinski definition) is 0. The average molecular weight is 253 g/mol. The molecule has 0 N–H and O–H groups in total. The lowest BCUT2D eigenvalue weighted by atomic mass is 10.3. The van der Waals surface area contributed by atoms with Crippen molar-refractivity contribution in [2.24, 2.45) is 0 Å². The summed E-state index contributed by atoms with van der Waals surface area (Å²) in [7, 11) is 1.16. The van der Waals surface area contributed by atoms with Gasteiger partial charge in [0.25, 0.3) is 0 Å². The molecule has 1 aromatic rings. The van der Waals surface area contributed by atoms with Crippen molar-refractivity contribution in [3.63, 3.8) is 0 Å². The minimum atomic E-state index is -1.50. The number of hydrogen-bond acceptors (Lipinski definition) is 6. The highest BCUT2D eigenvalue weighted by molar-refractivity contribution is 5.76. The fourth-order valence-corrected chi connectivity index (χ4v) is 1.03. The normalized spacial score (nSPS) is 11.2. The number of methoxy groups -OCH3 is 1. The molecule has 97 valence electrons. The van der Waals surface area contributed by atoms with Crippen LogP contribution in [0, 0.1) is 6.07 Å². The molecule has 0 bridgehead atoms. The Hall–Kier alpha value is -2.24. The summed E-state index contributed by atoms with van der Waals surface area (Å²) < 4.78 is 18.9. The van der Waals surface area contributed by atoms with Crippen LogP contribution in [0.5, 0.6) is 5.75 Å². The Bertz CT molecular complexity index is 389. The van der Waals surface area contributed by atoms with Gasteiger partial charge in [0.1, 0.15) is 5.75 Å². The highest BCUT2D eigenvalue weighted by atomic mass is 16.8. The zero-order valence-corrected chi connectivity index (χ0v) is 10.0. The van der Waals surface area contributed by atoms with E-state index in [1.807, 2.05) is 0 Å². The molecule has 0 spiro atoms. The van der Waals surface area contributed by atoms with Crippen LogP contribution in [-0.4, -0.2) is 32.1 Å². The summed E-state index contributed by atoms with van der Waals surface area (Å²) >= 11 is 0. The highest BCUT2D eigenvalue weighted by Crippen LogP contribution is 2.12. The molecule has 1 atom stereocenters. The lowest BCUT2D eigenvalue weighted by molar-refractivity contribution is -0.169. The third kappa shape index (κ3) is 4.32. The van der Waals surface area contributed by atoms with Crippen molar-refractivity contribution in [2.75, 3.05) is 13.7 Å². The summed E-state index contributed by atoms with van der Waals surface area (Å²) in [6.45, 7) is 1.75. The second-order valence-electron chi connectivity index (χ2n) is 3.01. The van der Waals surface area contributed by atoms with Crippen LogP contribution in [0.2, 0.25) is 0 Å². The van der Waals surface area contributed by atoms with Crippen LogP contribution in [0.4, 0.5) is 4.79 Å². The summed E-state index contributed by atoms with van der Waals surface area (Å²) in [5.74, 6) is -0.496. The Labute approximate surface area is 104 Å². The molecule has 0 heterocycles. The van der Waals surface area contributed by atoms with E-state index in [9.17, 15) is 9.59 Å². The number of rotatable bonds is 5. The minimum absolute atomic E-state index is 0.132. The largest absolute Gasteiger partial charge is 0.511 e. The van der Waals surface area contributed by atoms with Crippen LogP contribution < -0.4 is 4.74 Å². The van der Waals surface area contributed by atoms with E-state index in [4.69, 9.17) is 4.74 Å². The molecule has 18 heavy (non-hydrogen) atoms. The predicted molar refractivity (Wildman–Crippen MR) is 59.8 cm³/mol. The number of benzene rings is 1. The van der Waals surface area contributed by atoms with Crippen molar-refractivity contribution < 1.29 is 28.5 Å². The van der Waals surface area contributed by atoms with Crippen LogP contribution in [0.3, 0.4) is 0 Å². The monoisotopic (exact) mass is 253 g/mol. The quantitative estimate of drug-likeness (QED) is 0.585. The number of esters is 1. The molecule has 0 aromatic heterocycles. The molecule has 1 aromatic carbocycles. The van der Waals surface area contributed by atoms with Gasteiger partial charge in [-0.25, -0.2) is 9.59 Å². The van der Waals surface area contributed by atoms with Gasteiger partial charge >= 0.3 is 18.4 Å². The first-order valence-corrected chi connectivity index (χ1v) is 5.21. The van der Waals surface area contributed by atoms with Gasteiger partial charge in [-0.15, -0.1) is 0 Å². The summed E-state index contributed by atoms with van der Waals surface area (Å²) in [6, 6.07) is 9.08. The van der Waals surface area contributed by atoms with E-state index in [1.165, 1.54) is 0 Å². The molecular weight excluding hydrogens is 240 g/mol. The lowest BCUT2D eigenvalue weighted by Crippen LogP contribution is -2.34. The van der Waals surface area contributed by atoms with Crippen LogP contribution in [0.15, 0.2) is 24.3 Å². The van der Waals surface area contributed by atoms with Crippen LogP contribution in [0.25, 0.3) is 0 Å². The zero-order valence-electron chi connectivity index (χ0n) is 10.0. The van der Waals surface area contributed by atoms with Gasteiger partial charge in [0.2, 0.25) is 0 Å². The Balaban J connectivity index is 2.67. The van der Waals surface area contributed by atoms with E-state index in [0.717, 1.165) is 7.11 Å². The molecule has 0 saturated heterocycles. The molecule has 6 nitrogen and oxygen atoms in total. The molecule has 0 fully saturated rings. The Morgan fingerprint density at radius 3 is 2.56 bits per heavy atom. The van der Waals surface area contributed by atoms with Gasteiger partial charge in [-0.05, 0) is 25.1 Å². The van der Waals surface area contributed by atoms with Gasteiger partial charge in [0.15, 0.2) is 0 Å². The van der Waals surface area contributed by atoms with Crippen molar-refractivity contribution in [1.82, 2.24) is 0 Å². The molecule has 1 unspecified atom stereocenters. The van der Waals surface area contributed by atoms with Gasteiger partial charge in [-0.2, -0.15) is 0 Å². The van der Waals surface area contributed by atoms with E-state index in [-0.39, 0.29) is 6.61 Å². The summed E-state index contributed by atoms with van der Waals surface area (Å²) in [5.41, 5.74) is 0. The number of ether oxygens (including phenoxy) is 4. The smallest absolute Gasteiger partial charge is 0.463 e. The number of carbonyl (C=O) groups is 2. The van der Waals surface area contributed by atoms with Crippen molar-refractivity contribution in [2.45, 2.75) is 13.2 Å². The van der Waals surface area contributed by atoms with Crippen molar-refractivity contribution in [3.05, 3.63) is 30.3 Å². The molecular formula is C12H13O6. The van der Waals surface area contributed by atoms with E-state index in [1.54, 1.807) is 31.2 Å². The predicted octanol–water partition coefficient (Wildman–Crippen LogP) is 1.54. The van der Waals surface area contributed by atoms with E-state index >= 15 is 0 Å². The lowest BCUT2D eigenvalue weighted by Gasteiger charge is -2.16. The zero-order chi connectivity index (χ0) is 13.4. The molecule has 0 aliphatic carbocycles. The Morgan fingerprint density at radius 1 is 1.33 bits per heavy atom. The standard InChI is InChI=1S/C12H13O6/c1-3-16-12(14)18-11(10(13)15-2)17-9-7-5-4-6-8-9/h5-8,11H,3H2,1-2H3. The maximum atomic E-state index is 11.4. The van der Waals surface area contributed by atoms with Crippen molar-refractivity contribution in [3.8, 4) is 5.75 Å². The molecule has 6 heteroatoms. The molecule has 0 amide bonds. The van der Waals surface area contributed by atoms with Gasteiger partial charge < -0.3 is 18.9 Å². The maximum Gasteiger partial charge on any atom is 0.511 e. The van der Waals surface area contributed by atoms with E-state index < -0.39 is 18.4 Å². The van der Waals surface area contributed by atoms with Crippen LogP contribution in [0.1, 0.15) is 6.92 Å². The third-order valence-electron chi connectivity index (χ3n) is 1.79. The number of carbonyl (C=O) groups excluding carboxylic acids is 2. The summed E-state index contributed by atoms with van der Waals surface area (Å²) in [6.07, 6.45) is -2.51. The first kappa shape index (κ1) is 13.8. The SMILES string of the molecule is CCOC(=O)OC(Oc1cc[c]cc1)C(=O)OC. The topological polar surface area (TPSA) is 71.1 Å². The first-order chi connectivity index (χ1) is 8.67. The first-order valence-electron chi connectivity index (χ1n) is 5.21. The van der Waals surface area contributed by atoms with Crippen LogP contribution in [-0.2, 0) is 19.0 Å². The molecule has 1 radical (unpaired) electrons. The second kappa shape index (κ2) is 7.16. The molecule has 0 saturated carbocycles. The molecule has 1 rings (SSSR count). The highest BCUT2D eigenvalue weighted by Gasteiger charge is 2.26. The maximum absolute atomic E-state index is 11.4.